The first-order valence-electron chi connectivity index (χ1n) is 17.5. The van der Waals surface area contributed by atoms with E-state index in [1.807, 2.05) is 74.5 Å². The lowest BCUT2D eigenvalue weighted by Crippen LogP contribution is -2.67. The van der Waals surface area contributed by atoms with Gasteiger partial charge in [0.1, 0.15) is 11.2 Å². The number of hydrogen-bond donors (Lipinski definition) is 2. The zero-order chi connectivity index (χ0) is 37.7. The van der Waals surface area contributed by atoms with Crippen LogP contribution in [-0.4, -0.2) is 64.5 Å². The standard InChI is InChI=1S/C41H47ClFN3O5Si/c1-28(2)31-20-13-14-21-33(31)41(38(48)45-36-25-35(43)34(42)24-32(36)37(47)44-6)26-46(27-41)39(49)50-22-15-23-51-52(40(3,4)5,29-16-9-7-10-17-29)30-18-11-8-12-19-30/h7-14,16-21,24-25,28H,15,22-23,26-27H2,1-6H3,(H,44,47)(H,45,48). The number of rotatable bonds is 12. The predicted molar refractivity (Wildman–Crippen MR) is 207 cm³/mol. The van der Waals surface area contributed by atoms with Crippen LogP contribution in [0.4, 0.5) is 14.9 Å². The number of nitrogens with one attached hydrogen (secondary N) is 2. The Kier molecular flexibility index (Phi) is 11.9. The van der Waals surface area contributed by atoms with Gasteiger partial charge in [-0.25, -0.2) is 9.18 Å². The molecule has 1 heterocycles. The molecule has 274 valence electrons. The van der Waals surface area contributed by atoms with Crippen LogP contribution in [0.5, 0.6) is 0 Å². The summed E-state index contributed by atoms with van der Waals surface area (Å²) in [6.07, 6.45) is -0.0597. The normalized spacial score (nSPS) is 14.1. The minimum Gasteiger partial charge on any atom is -0.449 e. The van der Waals surface area contributed by atoms with Gasteiger partial charge in [0.2, 0.25) is 5.91 Å². The Morgan fingerprint density at radius 1 is 0.904 bits per heavy atom. The second-order valence-corrected chi connectivity index (χ2v) is 19.2. The molecule has 0 bridgehead atoms. The summed E-state index contributed by atoms with van der Waals surface area (Å²) >= 11 is 5.99. The molecule has 1 fully saturated rings. The molecule has 1 aliphatic rings. The van der Waals surface area contributed by atoms with Gasteiger partial charge in [-0.15, -0.1) is 0 Å². The molecule has 3 amide bonds. The van der Waals surface area contributed by atoms with Crippen molar-refractivity contribution in [3.63, 3.8) is 0 Å². The summed E-state index contributed by atoms with van der Waals surface area (Å²) in [7, 11) is -1.30. The highest BCUT2D eigenvalue weighted by Gasteiger charge is 2.54. The minimum atomic E-state index is -2.73. The molecule has 1 aliphatic heterocycles. The third kappa shape index (κ3) is 7.65. The highest BCUT2D eigenvalue weighted by Crippen LogP contribution is 2.41. The molecule has 5 rings (SSSR count). The van der Waals surface area contributed by atoms with Gasteiger partial charge in [0, 0.05) is 33.2 Å². The van der Waals surface area contributed by atoms with Crippen LogP contribution in [0.25, 0.3) is 0 Å². The maximum absolute atomic E-state index is 14.6. The Balaban J connectivity index is 1.31. The fourth-order valence-corrected chi connectivity index (χ4v) is 11.9. The summed E-state index contributed by atoms with van der Waals surface area (Å²) in [6.45, 7) is 11.3. The highest BCUT2D eigenvalue weighted by atomic mass is 35.5. The lowest BCUT2D eigenvalue weighted by atomic mass is 9.70. The van der Waals surface area contributed by atoms with E-state index < -0.39 is 37.5 Å². The van der Waals surface area contributed by atoms with Gasteiger partial charge >= 0.3 is 6.09 Å². The van der Waals surface area contributed by atoms with E-state index in [0.717, 1.165) is 17.2 Å². The van der Waals surface area contributed by atoms with Crippen LogP contribution in [0.1, 0.15) is 68.4 Å². The van der Waals surface area contributed by atoms with E-state index in [1.165, 1.54) is 28.4 Å². The maximum atomic E-state index is 14.6. The molecule has 0 spiro atoms. The molecular formula is C41H47ClFN3O5Si. The monoisotopic (exact) mass is 743 g/mol. The van der Waals surface area contributed by atoms with Crippen LogP contribution in [-0.2, 0) is 19.4 Å². The summed E-state index contributed by atoms with van der Waals surface area (Å²) in [6, 6.07) is 30.5. The Hall–Kier alpha value is -4.51. The number of hydrogen-bond acceptors (Lipinski definition) is 5. The smallest absolute Gasteiger partial charge is 0.409 e. The fourth-order valence-electron chi connectivity index (χ4n) is 7.12. The molecule has 52 heavy (non-hydrogen) atoms. The average Bonchev–Trinajstić information content (AvgIpc) is 3.11. The first-order valence-corrected chi connectivity index (χ1v) is 19.8. The first-order chi connectivity index (χ1) is 24.7. The third-order valence-corrected chi connectivity index (χ3v) is 15.1. The summed E-state index contributed by atoms with van der Waals surface area (Å²) in [5.74, 6) is -1.72. The van der Waals surface area contributed by atoms with E-state index in [1.54, 1.807) is 0 Å². The number of likely N-dealkylation sites (tertiary alicyclic amines) is 1. The number of carbonyl (C=O) groups is 3. The van der Waals surface area contributed by atoms with Crippen LogP contribution < -0.4 is 21.0 Å². The van der Waals surface area contributed by atoms with E-state index in [9.17, 15) is 18.8 Å². The molecule has 11 heteroatoms. The van der Waals surface area contributed by atoms with Crippen molar-refractivity contribution in [3.05, 3.63) is 125 Å². The van der Waals surface area contributed by atoms with Crippen LogP contribution in [0.2, 0.25) is 10.1 Å². The van der Waals surface area contributed by atoms with Crippen molar-refractivity contribution in [2.75, 3.05) is 38.7 Å². The van der Waals surface area contributed by atoms with Crippen molar-refractivity contribution in [2.24, 2.45) is 0 Å². The molecule has 2 N–H and O–H groups in total. The molecule has 0 radical (unpaired) electrons. The second-order valence-electron chi connectivity index (χ2n) is 14.5. The molecule has 4 aromatic carbocycles. The number of amides is 3. The van der Waals surface area contributed by atoms with Gasteiger partial charge in [-0.05, 0) is 44.6 Å². The van der Waals surface area contributed by atoms with Crippen LogP contribution >= 0.6 is 11.6 Å². The van der Waals surface area contributed by atoms with Crippen molar-refractivity contribution in [3.8, 4) is 0 Å². The molecule has 4 aromatic rings. The zero-order valence-corrected chi connectivity index (χ0v) is 32.4. The van der Waals surface area contributed by atoms with Crippen molar-refractivity contribution >= 4 is 53.9 Å². The summed E-state index contributed by atoms with van der Waals surface area (Å²) in [4.78, 5) is 41.8. The van der Waals surface area contributed by atoms with Crippen molar-refractivity contribution < 1.29 is 27.9 Å². The van der Waals surface area contributed by atoms with Gasteiger partial charge in [0.15, 0.2) is 0 Å². The molecule has 0 unspecified atom stereocenters. The first kappa shape index (κ1) is 38.7. The molecule has 8 nitrogen and oxygen atoms in total. The van der Waals surface area contributed by atoms with Gasteiger partial charge in [-0.3, -0.25) is 9.59 Å². The third-order valence-electron chi connectivity index (χ3n) is 9.74. The number of ether oxygens (including phenoxy) is 1. The molecule has 0 atom stereocenters. The number of halogens is 2. The van der Waals surface area contributed by atoms with E-state index in [4.69, 9.17) is 20.8 Å². The van der Waals surface area contributed by atoms with Gasteiger partial charge < -0.3 is 24.7 Å². The summed E-state index contributed by atoms with van der Waals surface area (Å²) in [5, 5.41) is 7.20. The number of benzene rings is 4. The maximum Gasteiger partial charge on any atom is 0.409 e. The molecule has 0 aromatic heterocycles. The number of carbonyl (C=O) groups excluding carboxylic acids is 3. The molecule has 0 aliphatic carbocycles. The summed E-state index contributed by atoms with van der Waals surface area (Å²) < 4.78 is 27.3. The van der Waals surface area contributed by atoms with E-state index in [2.05, 4.69) is 55.7 Å². The van der Waals surface area contributed by atoms with E-state index in [-0.39, 0.29) is 46.9 Å². The zero-order valence-electron chi connectivity index (χ0n) is 30.6. The second kappa shape index (κ2) is 16.0. The quantitative estimate of drug-likeness (QED) is 0.118. The highest BCUT2D eigenvalue weighted by molar-refractivity contribution is 6.99. The summed E-state index contributed by atoms with van der Waals surface area (Å²) in [5.41, 5.74) is 0.517. The van der Waals surface area contributed by atoms with Gasteiger partial charge in [0.25, 0.3) is 14.2 Å². The van der Waals surface area contributed by atoms with E-state index >= 15 is 0 Å². The number of nitrogens with zero attached hydrogens (tertiary/aromatic N) is 1. The lowest BCUT2D eigenvalue weighted by molar-refractivity contribution is -0.127. The Morgan fingerprint density at radius 3 is 2.04 bits per heavy atom. The SMILES string of the molecule is CNC(=O)c1cc(Cl)c(F)cc1NC(=O)C1(c2ccccc2C(C)C)CN(C(=O)OCCCO[Si](c2ccccc2)(c2ccccc2)C(C)(C)C)C1. The average molecular weight is 744 g/mol. The minimum absolute atomic E-state index is 0.0189. The Bertz CT molecular complexity index is 1860. The largest absolute Gasteiger partial charge is 0.449 e. The van der Waals surface area contributed by atoms with Crippen molar-refractivity contribution in [1.29, 1.82) is 0 Å². The number of anilines is 1. The predicted octanol–water partition coefficient (Wildman–Crippen LogP) is 7.26. The Morgan fingerprint density at radius 2 is 1.48 bits per heavy atom. The van der Waals surface area contributed by atoms with Gasteiger partial charge in [-0.2, -0.15) is 0 Å². The fraction of sp³-hybridized carbons (Fsp3) is 0.341. The van der Waals surface area contributed by atoms with E-state index in [0.29, 0.717) is 13.0 Å². The van der Waals surface area contributed by atoms with Gasteiger partial charge in [0.05, 0.1) is 22.9 Å². The lowest BCUT2D eigenvalue weighted by Gasteiger charge is -2.49. The van der Waals surface area contributed by atoms with Crippen LogP contribution in [0.3, 0.4) is 0 Å². The topological polar surface area (TPSA) is 97.0 Å². The molecule has 0 saturated carbocycles. The molecular weight excluding hydrogens is 697 g/mol. The van der Waals surface area contributed by atoms with Crippen molar-refractivity contribution in [1.82, 2.24) is 10.2 Å². The van der Waals surface area contributed by atoms with Gasteiger partial charge in [-0.1, -0.05) is 131 Å². The van der Waals surface area contributed by atoms with Crippen LogP contribution in [0.15, 0.2) is 97.1 Å². The van der Waals surface area contributed by atoms with Crippen LogP contribution in [0, 0.1) is 5.82 Å². The molecule has 1 saturated heterocycles. The Labute approximate surface area is 311 Å². The van der Waals surface area contributed by atoms with Crippen molar-refractivity contribution in [2.45, 2.75) is 57.4 Å².